The minimum Gasteiger partial charge on any atom is -0.480 e. The van der Waals surface area contributed by atoms with Crippen molar-refractivity contribution < 1.29 is 19.4 Å². The molecule has 0 aliphatic carbocycles. The minimum atomic E-state index is -1.13. The fourth-order valence-electron chi connectivity index (χ4n) is 1.27. The van der Waals surface area contributed by atoms with Gasteiger partial charge in [0.05, 0.1) is 10.6 Å². The van der Waals surface area contributed by atoms with Gasteiger partial charge in [0.25, 0.3) is 0 Å². The second-order valence-corrected chi connectivity index (χ2v) is 5.86. The van der Waals surface area contributed by atoms with Gasteiger partial charge in [0.15, 0.2) is 0 Å². The van der Waals surface area contributed by atoms with Gasteiger partial charge < -0.3 is 15.2 Å². The lowest BCUT2D eigenvalue weighted by atomic mass is 10.1. The molecule has 0 aromatic carbocycles. The zero-order valence-corrected chi connectivity index (χ0v) is 12.1. The van der Waals surface area contributed by atoms with Gasteiger partial charge in [-0.1, -0.05) is 4.49 Å². The van der Waals surface area contributed by atoms with Crippen LogP contribution in [0.3, 0.4) is 0 Å². The van der Waals surface area contributed by atoms with Gasteiger partial charge in [0, 0.05) is 6.42 Å². The Morgan fingerprint density at radius 1 is 1.47 bits per heavy atom. The highest BCUT2D eigenvalue weighted by Crippen LogP contribution is 2.13. The number of carboxylic acid groups (broad SMARTS) is 1. The van der Waals surface area contributed by atoms with Gasteiger partial charge in [0.2, 0.25) is 0 Å². The van der Waals surface area contributed by atoms with Gasteiger partial charge >= 0.3 is 12.1 Å². The van der Waals surface area contributed by atoms with Crippen molar-refractivity contribution in [3.8, 4) is 0 Å². The van der Waals surface area contributed by atoms with Gasteiger partial charge in [0.1, 0.15) is 11.6 Å². The lowest BCUT2D eigenvalue weighted by molar-refractivity contribution is -0.139. The average molecular weight is 287 g/mol. The maximum absolute atomic E-state index is 11.6. The van der Waals surface area contributed by atoms with Crippen molar-refractivity contribution in [1.29, 1.82) is 0 Å². The molecule has 0 aliphatic heterocycles. The minimum absolute atomic E-state index is 0.137. The molecule has 7 nitrogen and oxygen atoms in total. The van der Waals surface area contributed by atoms with Crippen LogP contribution in [0.5, 0.6) is 0 Å². The smallest absolute Gasteiger partial charge is 0.408 e. The highest BCUT2D eigenvalue weighted by atomic mass is 32.1. The molecule has 0 radical (unpaired) electrons. The van der Waals surface area contributed by atoms with Crippen molar-refractivity contribution in [2.24, 2.45) is 0 Å². The Kier molecular flexibility index (Phi) is 4.82. The first-order valence-electron chi connectivity index (χ1n) is 5.69. The monoisotopic (exact) mass is 287 g/mol. The highest BCUT2D eigenvalue weighted by Gasteiger charge is 2.25. The summed E-state index contributed by atoms with van der Waals surface area (Å²) in [6.07, 6.45) is -0.618. The number of carbonyl (C=O) groups excluding carboxylic acids is 1. The Labute approximate surface area is 115 Å². The lowest BCUT2D eigenvalue weighted by Gasteiger charge is -2.21. The van der Waals surface area contributed by atoms with E-state index < -0.39 is 23.7 Å². The molecule has 19 heavy (non-hydrogen) atoms. The standard InChI is InChI=1S/C11H17N3O4S/c1-6-8(19-14-13-6)5-7(9(15)16)12-10(17)18-11(2,3)4/h7H,5H2,1-4H3,(H,12,17)(H,15,16). The summed E-state index contributed by atoms with van der Waals surface area (Å²) < 4.78 is 8.75. The van der Waals surface area contributed by atoms with E-state index in [1.807, 2.05) is 0 Å². The van der Waals surface area contributed by atoms with Crippen LogP contribution in [0, 0.1) is 6.92 Å². The van der Waals surface area contributed by atoms with Crippen LogP contribution in [0.4, 0.5) is 4.79 Å². The van der Waals surface area contributed by atoms with Crippen LogP contribution < -0.4 is 5.32 Å². The molecule has 0 saturated heterocycles. The van der Waals surface area contributed by atoms with Crippen LogP contribution in [0.25, 0.3) is 0 Å². The molecule has 106 valence electrons. The number of amides is 1. The number of ether oxygens (including phenoxy) is 1. The zero-order chi connectivity index (χ0) is 14.6. The first-order valence-corrected chi connectivity index (χ1v) is 6.46. The number of carbonyl (C=O) groups is 2. The van der Waals surface area contributed by atoms with Crippen LogP contribution in [-0.2, 0) is 16.0 Å². The molecule has 1 aromatic heterocycles. The second-order valence-electron chi connectivity index (χ2n) is 5.02. The Bertz CT molecular complexity index is 467. The third kappa shape index (κ3) is 5.21. The summed E-state index contributed by atoms with van der Waals surface area (Å²) in [6.45, 7) is 6.87. The van der Waals surface area contributed by atoms with Gasteiger partial charge in [-0.3, -0.25) is 0 Å². The van der Waals surface area contributed by atoms with Crippen LogP contribution in [-0.4, -0.2) is 38.4 Å². The van der Waals surface area contributed by atoms with E-state index in [4.69, 9.17) is 9.84 Å². The first-order chi connectivity index (χ1) is 8.69. The number of aliphatic carboxylic acids is 1. The van der Waals surface area contributed by atoms with Gasteiger partial charge in [-0.2, -0.15) is 0 Å². The molecule has 1 rings (SSSR count). The SMILES string of the molecule is Cc1nnsc1CC(NC(=O)OC(C)(C)C)C(=O)O. The lowest BCUT2D eigenvalue weighted by Crippen LogP contribution is -2.44. The van der Waals surface area contributed by atoms with Crippen LogP contribution in [0.2, 0.25) is 0 Å². The van der Waals surface area contributed by atoms with Crippen LogP contribution >= 0.6 is 11.5 Å². The van der Waals surface area contributed by atoms with E-state index in [0.29, 0.717) is 5.69 Å². The van der Waals surface area contributed by atoms with Crippen molar-refractivity contribution in [2.45, 2.75) is 45.8 Å². The van der Waals surface area contributed by atoms with E-state index in [1.54, 1.807) is 27.7 Å². The van der Waals surface area contributed by atoms with Crippen molar-refractivity contribution in [3.05, 3.63) is 10.6 Å². The van der Waals surface area contributed by atoms with E-state index in [9.17, 15) is 9.59 Å². The number of aryl methyl sites for hydroxylation is 1. The summed E-state index contributed by atoms with van der Waals surface area (Å²) >= 11 is 1.12. The fourth-order valence-corrected chi connectivity index (χ4v) is 1.95. The molecule has 1 atom stereocenters. The Balaban J connectivity index is 2.67. The molecule has 2 N–H and O–H groups in total. The summed E-state index contributed by atoms with van der Waals surface area (Å²) in [5, 5.41) is 15.2. The molecule has 0 fully saturated rings. The number of aromatic nitrogens is 2. The molecular formula is C11H17N3O4S. The number of alkyl carbamates (subject to hydrolysis) is 1. The number of hydrogen-bond donors (Lipinski definition) is 2. The third-order valence-electron chi connectivity index (χ3n) is 2.12. The van der Waals surface area contributed by atoms with Crippen LogP contribution in [0.15, 0.2) is 0 Å². The fraction of sp³-hybridized carbons (Fsp3) is 0.636. The Morgan fingerprint density at radius 3 is 2.53 bits per heavy atom. The Morgan fingerprint density at radius 2 is 2.11 bits per heavy atom. The summed E-state index contributed by atoms with van der Waals surface area (Å²) in [7, 11) is 0. The van der Waals surface area contributed by atoms with E-state index >= 15 is 0 Å². The molecule has 8 heteroatoms. The predicted molar refractivity (Wildman–Crippen MR) is 69.1 cm³/mol. The van der Waals surface area contributed by atoms with Crippen molar-refractivity contribution in [2.75, 3.05) is 0 Å². The molecular weight excluding hydrogens is 270 g/mol. The van der Waals surface area contributed by atoms with E-state index in [2.05, 4.69) is 14.9 Å². The van der Waals surface area contributed by atoms with Gasteiger partial charge in [-0.05, 0) is 39.2 Å². The van der Waals surface area contributed by atoms with Crippen molar-refractivity contribution >= 4 is 23.6 Å². The predicted octanol–water partition coefficient (Wildman–Crippen LogP) is 1.37. The quantitative estimate of drug-likeness (QED) is 0.867. The van der Waals surface area contributed by atoms with Crippen molar-refractivity contribution in [3.63, 3.8) is 0 Å². The Hall–Kier alpha value is -1.70. The number of hydrogen-bond acceptors (Lipinski definition) is 6. The highest BCUT2D eigenvalue weighted by molar-refractivity contribution is 7.05. The maximum atomic E-state index is 11.6. The maximum Gasteiger partial charge on any atom is 0.408 e. The second kappa shape index (κ2) is 5.96. The molecule has 0 saturated carbocycles. The number of carboxylic acids is 1. The molecule has 0 spiro atoms. The summed E-state index contributed by atoms with van der Waals surface area (Å²) in [5.41, 5.74) is -0.00279. The topological polar surface area (TPSA) is 101 Å². The zero-order valence-electron chi connectivity index (χ0n) is 11.3. The largest absolute Gasteiger partial charge is 0.480 e. The summed E-state index contributed by atoms with van der Waals surface area (Å²) in [6, 6.07) is -1.06. The van der Waals surface area contributed by atoms with E-state index in [-0.39, 0.29) is 6.42 Å². The van der Waals surface area contributed by atoms with E-state index in [1.165, 1.54) is 0 Å². The summed E-state index contributed by atoms with van der Waals surface area (Å²) in [4.78, 5) is 23.4. The number of nitrogens with one attached hydrogen (secondary N) is 1. The molecule has 1 amide bonds. The molecule has 0 bridgehead atoms. The van der Waals surface area contributed by atoms with Gasteiger partial charge in [-0.15, -0.1) is 5.10 Å². The van der Waals surface area contributed by atoms with E-state index in [0.717, 1.165) is 16.4 Å². The normalized spacial score (nSPS) is 12.8. The summed E-state index contributed by atoms with van der Waals surface area (Å²) in [5.74, 6) is -1.13. The molecule has 1 heterocycles. The first kappa shape index (κ1) is 15.4. The number of nitrogens with zero attached hydrogens (tertiary/aromatic N) is 2. The molecule has 1 unspecified atom stereocenters. The molecule has 1 aromatic rings. The van der Waals surface area contributed by atoms with Gasteiger partial charge in [-0.25, -0.2) is 9.59 Å². The molecule has 0 aliphatic rings. The third-order valence-corrected chi connectivity index (χ3v) is 2.97. The van der Waals surface area contributed by atoms with Crippen LogP contribution in [0.1, 0.15) is 31.3 Å². The number of rotatable bonds is 4. The van der Waals surface area contributed by atoms with Crippen molar-refractivity contribution in [1.82, 2.24) is 14.9 Å². The average Bonchev–Trinajstić information content (AvgIpc) is 2.60.